The Morgan fingerprint density at radius 2 is 2.15 bits per heavy atom. The van der Waals surface area contributed by atoms with E-state index in [1.54, 1.807) is 0 Å². The van der Waals surface area contributed by atoms with Gasteiger partial charge in [0.2, 0.25) is 0 Å². The second kappa shape index (κ2) is 6.04. The first-order valence-electron chi connectivity index (χ1n) is 7.18. The van der Waals surface area contributed by atoms with Crippen molar-refractivity contribution in [2.45, 2.75) is 36.8 Å². The van der Waals surface area contributed by atoms with Crippen LogP contribution in [0.5, 0.6) is 0 Å². The molecule has 1 aliphatic rings. The molecule has 0 amide bonds. The molecule has 3 rings (SSSR count). The lowest BCUT2D eigenvalue weighted by molar-refractivity contribution is 0.477. The molecule has 2 aromatic rings. The van der Waals surface area contributed by atoms with Crippen molar-refractivity contribution >= 4 is 34.5 Å². The zero-order chi connectivity index (χ0) is 14.1. The molecule has 1 fully saturated rings. The van der Waals surface area contributed by atoms with E-state index in [2.05, 4.69) is 49.9 Å². The zero-order valence-electron chi connectivity index (χ0n) is 12.0. The van der Waals surface area contributed by atoms with Crippen molar-refractivity contribution in [3.05, 3.63) is 35.6 Å². The Kier molecular flexibility index (Phi) is 4.34. The molecule has 20 heavy (non-hydrogen) atoms. The Morgan fingerprint density at radius 1 is 1.35 bits per heavy atom. The van der Waals surface area contributed by atoms with Gasteiger partial charge in [0.1, 0.15) is 11.3 Å². The van der Waals surface area contributed by atoms with Gasteiger partial charge in [0, 0.05) is 27.4 Å². The van der Waals surface area contributed by atoms with E-state index in [1.165, 1.54) is 23.5 Å². The van der Waals surface area contributed by atoms with Crippen LogP contribution in [0.25, 0.3) is 11.0 Å². The number of aryl methyl sites for hydroxylation is 1. The van der Waals surface area contributed by atoms with E-state index in [-0.39, 0.29) is 6.04 Å². The molecule has 2 heterocycles. The van der Waals surface area contributed by atoms with Crippen molar-refractivity contribution in [2.24, 2.45) is 5.73 Å². The van der Waals surface area contributed by atoms with E-state index in [4.69, 9.17) is 10.2 Å². The molecule has 0 radical (unpaired) electrons. The Labute approximate surface area is 128 Å². The van der Waals surface area contributed by atoms with Gasteiger partial charge in [0.05, 0.1) is 6.04 Å². The lowest BCUT2D eigenvalue weighted by atomic mass is 10.1. The number of benzene rings is 1. The summed E-state index contributed by atoms with van der Waals surface area (Å²) in [6.07, 6.45) is 1.18. The minimum atomic E-state index is -0.00968. The average molecular weight is 307 g/mol. The summed E-state index contributed by atoms with van der Waals surface area (Å²) in [5.41, 5.74) is 8.69. The van der Waals surface area contributed by atoms with Crippen LogP contribution >= 0.6 is 23.5 Å². The van der Waals surface area contributed by atoms with E-state index in [9.17, 15) is 0 Å². The second-order valence-electron chi connectivity index (χ2n) is 5.32. The summed E-state index contributed by atoms with van der Waals surface area (Å²) in [6, 6.07) is 8.37. The van der Waals surface area contributed by atoms with Gasteiger partial charge in [-0.05, 0) is 25.0 Å². The molecule has 0 saturated carbocycles. The van der Waals surface area contributed by atoms with Crippen molar-refractivity contribution in [1.82, 2.24) is 0 Å². The van der Waals surface area contributed by atoms with Crippen molar-refractivity contribution in [1.29, 1.82) is 0 Å². The summed E-state index contributed by atoms with van der Waals surface area (Å²) in [5.74, 6) is 3.37. The smallest absolute Gasteiger partial charge is 0.137 e. The monoisotopic (exact) mass is 307 g/mol. The zero-order valence-corrected chi connectivity index (χ0v) is 13.6. The molecule has 3 unspecified atom stereocenters. The van der Waals surface area contributed by atoms with E-state index < -0.39 is 0 Å². The van der Waals surface area contributed by atoms with Gasteiger partial charge >= 0.3 is 0 Å². The second-order valence-corrected chi connectivity index (χ2v) is 7.95. The SMILES string of the molecule is CCC1SCCSC1C(N)c1cc2cccc(C)c2o1. The molecular weight excluding hydrogens is 286 g/mol. The third-order valence-electron chi connectivity index (χ3n) is 3.94. The van der Waals surface area contributed by atoms with Crippen LogP contribution in [-0.2, 0) is 0 Å². The standard InChI is InChI=1S/C16H21NOS2/c1-3-13-16(20-8-7-19-13)14(17)12-9-11-6-4-5-10(2)15(11)18-12/h4-6,9,13-14,16H,3,7-8,17H2,1-2H3. The fraction of sp³-hybridized carbons (Fsp3) is 0.500. The van der Waals surface area contributed by atoms with Gasteiger partial charge in [-0.25, -0.2) is 0 Å². The minimum absolute atomic E-state index is 0.00968. The molecule has 1 aromatic heterocycles. The number of hydrogen-bond donors (Lipinski definition) is 1. The number of thioether (sulfide) groups is 2. The molecule has 2 N–H and O–H groups in total. The first-order valence-corrected chi connectivity index (χ1v) is 9.28. The van der Waals surface area contributed by atoms with E-state index in [1.807, 2.05) is 11.8 Å². The molecule has 4 heteroatoms. The molecule has 0 spiro atoms. The van der Waals surface area contributed by atoms with Gasteiger partial charge < -0.3 is 10.2 Å². The highest BCUT2D eigenvalue weighted by atomic mass is 32.2. The topological polar surface area (TPSA) is 39.2 Å². The largest absolute Gasteiger partial charge is 0.459 e. The Morgan fingerprint density at radius 3 is 2.90 bits per heavy atom. The number of para-hydroxylation sites is 1. The average Bonchev–Trinajstić information content (AvgIpc) is 2.92. The van der Waals surface area contributed by atoms with Gasteiger partial charge in [-0.2, -0.15) is 23.5 Å². The molecule has 3 atom stereocenters. The summed E-state index contributed by atoms with van der Waals surface area (Å²) in [5, 5.41) is 2.26. The normalized spacial score (nSPS) is 24.9. The lowest BCUT2D eigenvalue weighted by Gasteiger charge is -2.33. The predicted molar refractivity (Wildman–Crippen MR) is 90.7 cm³/mol. The van der Waals surface area contributed by atoms with E-state index in [0.717, 1.165) is 16.7 Å². The Bertz CT molecular complexity index is 595. The van der Waals surface area contributed by atoms with E-state index >= 15 is 0 Å². The highest BCUT2D eigenvalue weighted by molar-refractivity contribution is 8.07. The number of fused-ring (bicyclic) bond motifs is 1. The maximum Gasteiger partial charge on any atom is 0.137 e. The van der Waals surface area contributed by atoms with Gasteiger partial charge in [-0.15, -0.1) is 0 Å². The molecule has 2 nitrogen and oxygen atoms in total. The summed E-state index contributed by atoms with van der Waals surface area (Å²) in [7, 11) is 0. The summed E-state index contributed by atoms with van der Waals surface area (Å²) in [6.45, 7) is 4.34. The maximum absolute atomic E-state index is 6.52. The molecular formula is C16H21NOS2. The van der Waals surface area contributed by atoms with Crippen LogP contribution in [0.3, 0.4) is 0 Å². The van der Waals surface area contributed by atoms with Gasteiger partial charge in [0.25, 0.3) is 0 Å². The lowest BCUT2D eigenvalue weighted by Crippen LogP contribution is -2.35. The Balaban J connectivity index is 1.91. The molecule has 1 aromatic carbocycles. The van der Waals surface area contributed by atoms with Crippen molar-refractivity contribution in [2.75, 3.05) is 11.5 Å². The number of nitrogens with two attached hydrogens (primary N) is 1. The first kappa shape index (κ1) is 14.4. The van der Waals surface area contributed by atoms with Crippen LogP contribution in [0.15, 0.2) is 28.7 Å². The quantitative estimate of drug-likeness (QED) is 0.914. The highest BCUT2D eigenvalue weighted by Crippen LogP contribution is 2.40. The van der Waals surface area contributed by atoms with Crippen LogP contribution in [0.2, 0.25) is 0 Å². The van der Waals surface area contributed by atoms with Crippen molar-refractivity contribution in [3.63, 3.8) is 0 Å². The summed E-state index contributed by atoms with van der Waals surface area (Å²) < 4.78 is 6.06. The van der Waals surface area contributed by atoms with Crippen LogP contribution in [0.4, 0.5) is 0 Å². The minimum Gasteiger partial charge on any atom is -0.459 e. The van der Waals surface area contributed by atoms with Crippen LogP contribution in [0, 0.1) is 6.92 Å². The molecule has 108 valence electrons. The highest BCUT2D eigenvalue weighted by Gasteiger charge is 2.32. The van der Waals surface area contributed by atoms with E-state index in [0.29, 0.717) is 10.5 Å². The number of rotatable bonds is 3. The van der Waals surface area contributed by atoms with Gasteiger partial charge in [0.15, 0.2) is 0 Å². The Hall–Kier alpha value is -0.580. The molecule has 0 bridgehead atoms. The van der Waals surface area contributed by atoms with Crippen LogP contribution < -0.4 is 5.73 Å². The molecule has 0 aliphatic carbocycles. The van der Waals surface area contributed by atoms with Crippen molar-refractivity contribution < 1.29 is 4.42 Å². The molecule has 1 saturated heterocycles. The maximum atomic E-state index is 6.52. The van der Waals surface area contributed by atoms with Gasteiger partial charge in [-0.3, -0.25) is 0 Å². The van der Waals surface area contributed by atoms with Gasteiger partial charge in [-0.1, -0.05) is 25.1 Å². The summed E-state index contributed by atoms with van der Waals surface area (Å²) in [4.78, 5) is 0. The molecule has 1 aliphatic heterocycles. The van der Waals surface area contributed by atoms with Crippen molar-refractivity contribution in [3.8, 4) is 0 Å². The fourth-order valence-electron chi connectivity index (χ4n) is 2.83. The summed E-state index contributed by atoms with van der Waals surface area (Å²) >= 11 is 4.07. The predicted octanol–water partition coefficient (Wildman–Crippen LogP) is 4.37. The third kappa shape index (κ3) is 2.61. The van der Waals surface area contributed by atoms with Crippen LogP contribution in [0.1, 0.15) is 30.7 Å². The first-order chi connectivity index (χ1) is 9.70. The number of hydrogen-bond acceptors (Lipinski definition) is 4. The van der Waals surface area contributed by atoms with Crippen LogP contribution in [-0.4, -0.2) is 22.0 Å². The third-order valence-corrected chi connectivity index (χ3v) is 7.31. The fourth-order valence-corrected chi connectivity index (χ4v) is 5.99. The number of furan rings is 1.